The lowest BCUT2D eigenvalue weighted by Gasteiger charge is -2.21. The van der Waals surface area contributed by atoms with Crippen molar-refractivity contribution in [2.24, 2.45) is 0 Å². The standard InChI is InChI=1S/C17H31NO3/c1-2-11-18-12-7-10-14-20-13-8-5-3-4-6-9-15-21-16-17(18)19/h2H,1,3-16H2. The van der Waals surface area contributed by atoms with Gasteiger partial charge in [-0.1, -0.05) is 31.8 Å². The first-order valence-corrected chi connectivity index (χ1v) is 8.38. The summed E-state index contributed by atoms with van der Waals surface area (Å²) in [5.74, 6) is 0.0696. The summed E-state index contributed by atoms with van der Waals surface area (Å²) < 4.78 is 11.1. The van der Waals surface area contributed by atoms with E-state index < -0.39 is 0 Å². The maximum atomic E-state index is 12.1. The number of ether oxygens (including phenoxy) is 2. The Balaban J connectivity index is 2.34. The number of carbonyl (C=O) groups excluding carboxylic acids is 1. The lowest BCUT2D eigenvalue weighted by atomic mass is 10.1. The number of hydrogen-bond acceptors (Lipinski definition) is 3. The molecule has 0 N–H and O–H groups in total. The molecule has 1 aliphatic heterocycles. The van der Waals surface area contributed by atoms with Gasteiger partial charge in [-0.05, 0) is 25.7 Å². The molecule has 4 nitrogen and oxygen atoms in total. The number of rotatable bonds is 2. The molecule has 0 aromatic rings. The summed E-state index contributed by atoms with van der Waals surface area (Å²) in [5, 5.41) is 0. The van der Waals surface area contributed by atoms with Crippen LogP contribution in [0.4, 0.5) is 0 Å². The van der Waals surface area contributed by atoms with Crippen LogP contribution < -0.4 is 0 Å². The second-order valence-electron chi connectivity index (χ2n) is 5.62. The van der Waals surface area contributed by atoms with Crippen molar-refractivity contribution in [3.8, 4) is 0 Å². The molecule has 0 unspecified atom stereocenters. The van der Waals surface area contributed by atoms with E-state index >= 15 is 0 Å². The maximum absolute atomic E-state index is 12.1. The van der Waals surface area contributed by atoms with Gasteiger partial charge in [0.2, 0.25) is 5.91 Å². The average molecular weight is 297 g/mol. The van der Waals surface area contributed by atoms with Gasteiger partial charge >= 0.3 is 0 Å². The lowest BCUT2D eigenvalue weighted by molar-refractivity contribution is -0.135. The van der Waals surface area contributed by atoms with Crippen LogP contribution in [0, 0.1) is 0 Å². The molecule has 0 saturated carbocycles. The summed E-state index contributed by atoms with van der Waals surface area (Å²) >= 11 is 0. The van der Waals surface area contributed by atoms with Gasteiger partial charge in [0.15, 0.2) is 0 Å². The molecule has 0 aromatic heterocycles. The Bertz CT molecular complexity index is 281. The maximum Gasteiger partial charge on any atom is 0.248 e. The summed E-state index contributed by atoms with van der Waals surface area (Å²) in [7, 11) is 0. The second kappa shape index (κ2) is 12.8. The fraction of sp³-hybridized carbons (Fsp3) is 0.824. The predicted octanol–water partition coefficient (Wildman–Crippen LogP) is 3.17. The van der Waals surface area contributed by atoms with E-state index in [0.717, 1.165) is 45.4 Å². The van der Waals surface area contributed by atoms with Crippen molar-refractivity contribution in [2.75, 3.05) is 39.5 Å². The fourth-order valence-corrected chi connectivity index (χ4v) is 2.45. The van der Waals surface area contributed by atoms with Crippen molar-refractivity contribution in [3.63, 3.8) is 0 Å². The Hall–Kier alpha value is -0.870. The van der Waals surface area contributed by atoms with Gasteiger partial charge in [-0.2, -0.15) is 0 Å². The minimum atomic E-state index is 0.0696. The molecule has 0 spiro atoms. The van der Waals surface area contributed by atoms with Crippen molar-refractivity contribution in [1.29, 1.82) is 0 Å². The average Bonchev–Trinajstić information content (AvgIpc) is 2.49. The number of hydrogen-bond donors (Lipinski definition) is 0. The highest BCUT2D eigenvalue weighted by atomic mass is 16.5. The fourth-order valence-electron chi connectivity index (χ4n) is 2.45. The smallest absolute Gasteiger partial charge is 0.248 e. The SMILES string of the molecule is C=CCN1CCCCOCCCCCCCCOCC1=O. The van der Waals surface area contributed by atoms with Gasteiger partial charge in [-0.3, -0.25) is 4.79 Å². The largest absolute Gasteiger partial charge is 0.381 e. The molecule has 1 aliphatic rings. The van der Waals surface area contributed by atoms with E-state index in [1.54, 1.807) is 6.08 Å². The Morgan fingerprint density at radius 1 is 0.905 bits per heavy atom. The first kappa shape index (κ1) is 18.2. The van der Waals surface area contributed by atoms with Crippen LogP contribution in [0.3, 0.4) is 0 Å². The second-order valence-corrected chi connectivity index (χ2v) is 5.62. The topological polar surface area (TPSA) is 38.8 Å². The zero-order chi connectivity index (χ0) is 15.2. The normalized spacial score (nSPS) is 21.7. The van der Waals surface area contributed by atoms with E-state index in [0.29, 0.717) is 13.2 Å². The highest BCUT2D eigenvalue weighted by Gasteiger charge is 2.11. The summed E-state index contributed by atoms with van der Waals surface area (Å²) in [6, 6.07) is 0. The monoisotopic (exact) mass is 297 g/mol. The predicted molar refractivity (Wildman–Crippen MR) is 85.4 cm³/mol. The molecule has 1 heterocycles. The molecular formula is C17H31NO3. The van der Waals surface area contributed by atoms with E-state index in [1.807, 2.05) is 4.90 Å². The van der Waals surface area contributed by atoms with Crippen LogP contribution in [0.25, 0.3) is 0 Å². The molecule has 0 aromatic carbocycles. The Morgan fingerprint density at radius 3 is 2.14 bits per heavy atom. The Morgan fingerprint density at radius 2 is 1.48 bits per heavy atom. The lowest BCUT2D eigenvalue weighted by Crippen LogP contribution is -2.35. The summed E-state index contributed by atoms with van der Waals surface area (Å²) in [6.07, 6.45) is 10.9. The minimum Gasteiger partial charge on any atom is -0.381 e. The third-order valence-corrected chi connectivity index (χ3v) is 3.72. The van der Waals surface area contributed by atoms with Crippen LogP contribution >= 0.6 is 0 Å². The number of carbonyl (C=O) groups is 1. The Labute approximate surface area is 129 Å². The molecule has 1 saturated heterocycles. The van der Waals surface area contributed by atoms with Crippen molar-refractivity contribution < 1.29 is 14.3 Å². The third kappa shape index (κ3) is 9.64. The first-order chi connectivity index (χ1) is 10.3. The quantitative estimate of drug-likeness (QED) is 0.735. The summed E-state index contributed by atoms with van der Waals surface area (Å²) in [5.41, 5.74) is 0. The van der Waals surface area contributed by atoms with Gasteiger partial charge in [0.25, 0.3) is 0 Å². The van der Waals surface area contributed by atoms with Crippen LogP contribution in [-0.2, 0) is 14.3 Å². The number of nitrogens with zero attached hydrogens (tertiary/aromatic N) is 1. The van der Waals surface area contributed by atoms with Crippen LogP contribution in [0.2, 0.25) is 0 Å². The third-order valence-electron chi connectivity index (χ3n) is 3.72. The number of amides is 1. The molecule has 122 valence electrons. The zero-order valence-corrected chi connectivity index (χ0v) is 13.4. The van der Waals surface area contributed by atoms with Crippen molar-refractivity contribution >= 4 is 5.91 Å². The van der Waals surface area contributed by atoms with Crippen molar-refractivity contribution in [1.82, 2.24) is 4.90 Å². The summed E-state index contributed by atoms with van der Waals surface area (Å²) in [6.45, 7) is 7.64. The molecule has 0 atom stereocenters. The van der Waals surface area contributed by atoms with Gasteiger partial charge < -0.3 is 14.4 Å². The van der Waals surface area contributed by atoms with Crippen LogP contribution in [0.1, 0.15) is 51.4 Å². The molecule has 0 radical (unpaired) electrons. The van der Waals surface area contributed by atoms with Crippen molar-refractivity contribution in [2.45, 2.75) is 51.4 Å². The molecule has 4 heteroatoms. The van der Waals surface area contributed by atoms with Gasteiger partial charge in [-0.15, -0.1) is 6.58 Å². The van der Waals surface area contributed by atoms with E-state index in [1.165, 1.54) is 25.7 Å². The Kier molecular flexibility index (Phi) is 11.1. The van der Waals surface area contributed by atoms with E-state index in [4.69, 9.17) is 9.47 Å². The summed E-state index contributed by atoms with van der Waals surface area (Å²) in [4.78, 5) is 13.9. The van der Waals surface area contributed by atoms with E-state index in [2.05, 4.69) is 6.58 Å². The van der Waals surface area contributed by atoms with Crippen molar-refractivity contribution in [3.05, 3.63) is 12.7 Å². The molecule has 21 heavy (non-hydrogen) atoms. The molecule has 1 amide bonds. The molecule has 0 aliphatic carbocycles. The molecular weight excluding hydrogens is 266 g/mol. The van der Waals surface area contributed by atoms with Gasteiger partial charge in [0, 0.05) is 32.9 Å². The zero-order valence-electron chi connectivity index (χ0n) is 13.4. The van der Waals surface area contributed by atoms with E-state index in [9.17, 15) is 4.79 Å². The van der Waals surface area contributed by atoms with Gasteiger partial charge in [0.05, 0.1) is 0 Å². The van der Waals surface area contributed by atoms with Crippen LogP contribution in [0.5, 0.6) is 0 Å². The molecule has 1 rings (SSSR count). The minimum absolute atomic E-state index is 0.0696. The van der Waals surface area contributed by atoms with Crippen LogP contribution in [0.15, 0.2) is 12.7 Å². The highest BCUT2D eigenvalue weighted by Crippen LogP contribution is 2.07. The molecule has 1 fully saturated rings. The molecule has 0 bridgehead atoms. The highest BCUT2D eigenvalue weighted by molar-refractivity contribution is 5.77. The van der Waals surface area contributed by atoms with Gasteiger partial charge in [0.1, 0.15) is 6.61 Å². The first-order valence-electron chi connectivity index (χ1n) is 8.38. The van der Waals surface area contributed by atoms with E-state index in [-0.39, 0.29) is 12.5 Å². The van der Waals surface area contributed by atoms with Crippen LogP contribution in [-0.4, -0.2) is 50.3 Å². The van der Waals surface area contributed by atoms with Gasteiger partial charge in [-0.25, -0.2) is 0 Å².